The fourth-order valence-electron chi connectivity index (χ4n) is 2.49. The molecule has 0 bridgehead atoms. The van der Waals surface area contributed by atoms with Crippen LogP contribution in [-0.2, 0) is 0 Å². The average molecular weight is 427 g/mol. The number of oxime groups is 1. The minimum absolute atomic E-state index is 0.00657. The Kier molecular flexibility index (Phi) is 6.82. The van der Waals surface area contributed by atoms with Gasteiger partial charge in [-0.2, -0.15) is 19.9 Å². The molecule has 2 aromatic carbocycles. The lowest BCUT2D eigenvalue weighted by Gasteiger charge is -1.96. The second kappa shape index (κ2) is 10.1. The number of nitriles is 2. The molecular weight excluding hydrogens is 413 g/mol. The van der Waals surface area contributed by atoms with E-state index in [0.717, 1.165) is 0 Å². The molecular formula is C22H14FN7O2. The highest BCUT2D eigenvalue weighted by molar-refractivity contribution is 5.97. The predicted molar refractivity (Wildman–Crippen MR) is 111 cm³/mol. The molecule has 32 heavy (non-hydrogen) atoms. The number of hydrogen-bond acceptors (Lipinski definition) is 8. The molecule has 156 valence electrons. The van der Waals surface area contributed by atoms with E-state index in [0.29, 0.717) is 33.6 Å². The molecule has 0 aliphatic carbocycles. The average Bonchev–Trinajstić information content (AvgIpc) is 3.35. The van der Waals surface area contributed by atoms with Crippen LogP contribution in [0.5, 0.6) is 0 Å². The Morgan fingerprint density at radius 2 is 1.72 bits per heavy atom. The van der Waals surface area contributed by atoms with Crippen molar-refractivity contribution in [1.82, 2.24) is 15.1 Å². The molecule has 0 aliphatic rings. The smallest absolute Gasteiger partial charge is 0.259 e. The Labute approximate surface area is 181 Å². The van der Waals surface area contributed by atoms with Gasteiger partial charge in [0, 0.05) is 17.3 Å². The molecule has 2 heterocycles. The number of nitrogens with zero attached hydrogens (tertiary/aromatic N) is 6. The summed E-state index contributed by atoms with van der Waals surface area (Å²) in [6, 6.07) is 20.1. The summed E-state index contributed by atoms with van der Waals surface area (Å²) in [6.07, 6.45) is 1.32. The van der Waals surface area contributed by atoms with E-state index in [1.165, 1.54) is 18.3 Å². The third kappa shape index (κ3) is 5.28. The van der Waals surface area contributed by atoms with E-state index in [4.69, 9.17) is 26.0 Å². The molecule has 4 aromatic rings. The number of nitrogens with two attached hydrogens (primary N) is 1. The lowest BCUT2D eigenvalue weighted by atomic mass is 10.1. The first-order chi connectivity index (χ1) is 15.5. The van der Waals surface area contributed by atoms with Crippen LogP contribution in [-0.4, -0.2) is 26.2 Å². The van der Waals surface area contributed by atoms with Crippen LogP contribution in [0.2, 0.25) is 0 Å². The maximum atomic E-state index is 12.7. The van der Waals surface area contributed by atoms with Crippen LogP contribution >= 0.6 is 0 Å². The number of halogens is 1. The molecule has 9 nitrogen and oxygen atoms in total. The van der Waals surface area contributed by atoms with Gasteiger partial charge in [-0.15, -0.1) is 0 Å². The highest BCUT2D eigenvalue weighted by Gasteiger charge is 2.11. The zero-order valence-corrected chi connectivity index (χ0v) is 16.3. The zero-order valence-electron chi connectivity index (χ0n) is 16.3. The maximum absolute atomic E-state index is 12.7. The van der Waals surface area contributed by atoms with Crippen molar-refractivity contribution in [2.24, 2.45) is 10.9 Å². The third-order valence-electron chi connectivity index (χ3n) is 4.05. The monoisotopic (exact) mass is 427 g/mol. The molecule has 0 amide bonds. The van der Waals surface area contributed by atoms with Crippen molar-refractivity contribution in [3.05, 3.63) is 89.5 Å². The molecule has 0 saturated carbocycles. The minimum atomic E-state index is -0.574. The summed E-state index contributed by atoms with van der Waals surface area (Å²) in [5.74, 6) is 0.0404. The van der Waals surface area contributed by atoms with Gasteiger partial charge in [-0.3, -0.25) is 0 Å². The van der Waals surface area contributed by atoms with Crippen LogP contribution in [0.25, 0.3) is 22.8 Å². The van der Waals surface area contributed by atoms with Gasteiger partial charge in [-0.25, -0.2) is 4.98 Å². The van der Waals surface area contributed by atoms with E-state index in [-0.39, 0.29) is 11.7 Å². The van der Waals surface area contributed by atoms with Crippen molar-refractivity contribution in [2.75, 3.05) is 0 Å². The first-order valence-corrected chi connectivity index (χ1v) is 8.98. The van der Waals surface area contributed by atoms with E-state index in [9.17, 15) is 4.39 Å². The first kappa shape index (κ1) is 21.6. The summed E-state index contributed by atoms with van der Waals surface area (Å²) in [7, 11) is 0. The molecule has 0 radical (unpaired) electrons. The maximum Gasteiger partial charge on any atom is 0.259 e. The normalized spacial score (nSPS) is 10.4. The van der Waals surface area contributed by atoms with Gasteiger partial charge < -0.3 is 15.5 Å². The van der Waals surface area contributed by atoms with Gasteiger partial charge >= 0.3 is 0 Å². The van der Waals surface area contributed by atoms with Crippen LogP contribution in [0.4, 0.5) is 4.39 Å². The van der Waals surface area contributed by atoms with Crippen LogP contribution < -0.4 is 5.73 Å². The number of benzene rings is 2. The molecule has 0 unspecified atom stereocenters. The fraction of sp³-hybridized carbons (Fsp3) is 0. The Balaban J connectivity index is 0.000000207. The Bertz CT molecular complexity index is 1340. The lowest BCUT2D eigenvalue weighted by molar-refractivity contribution is 0.318. The highest BCUT2D eigenvalue weighted by Crippen LogP contribution is 2.22. The number of amidine groups is 1. The van der Waals surface area contributed by atoms with Crippen molar-refractivity contribution in [3.63, 3.8) is 0 Å². The standard InChI is InChI=1S/C14H7FN4O.C8H7N3O/c15-12-5-4-11(8-17-12)14-18-13(19-20-14)10-3-1-2-9(6-10)7-16;9-5-6-2-1-3-7(4-6)8(10)11-12/h1-6,8H;1-4,12H,(H2,10,11). The number of rotatable bonds is 3. The molecule has 0 fully saturated rings. The van der Waals surface area contributed by atoms with Crippen molar-refractivity contribution in [2.45, 2.75) is 0 Å². The molecule has 0 atom stereocenters. The summed E-state index contributed by atoms with van der Waals surface area (Å²) in [4.78, 5) is 7.73. The topological polar surface area (TPSA) is 158 Å². The number of pyridine rings is 1. The van der Waals surface area contributed by atoms with Crippen LogP contribution in [0.15, 0.2) is 76.5 Å². The Morgan fingerprint density at radius 3 is 2.38 bits per heavy atom. The van der Waals surface area contributed by atoms with Gasteiger partial charge in [0.15, 0.2) is 5.84 Å². The predicted octanol–water partition coefficient (Wildman–Crippen LogP) is 3.46. The van der Waals surface area contributed by atoms with Gasteiger partial charge in [-0.05, 0) is 36.4 Å². The van der Waals surface area contributed by atoms with Gasteiger partial charge in [0.25, 0.3) is 5.89 Å². The molecule has 0 spiro atoms. The quantitative estimate of drug-likeness (QED) is 0.165. The van der Waals surface area contributed by atoms with Gasteiger partial charge in [0.05, 0.1) is 28.8 Å². The van der Waals surface area contributed by atoms with Crippen LogP contribution in [0, 0.1) is 28.6 Å². The molecule has 2 aromatic heterocycles. The van der Waals surface area contributed by atoms with Crippen LogP contribution in [0.1, 0.15) is 16.7 Å². The summed E-state index contributed by atoms with van der Waals surface area (Å²) in [5, 5.41) is 32.4. The van der Waals surface area contributed by atoms with Crippen molar-refractivity contribution < 1.29 is 14.1 Å². The number of hydrogen-bond donors (Lipinski definition) is 2. The van der Waals surface area contributed by atoms with E-state index < -0.39 is 5.95 Å². The van der Waals surface area contributed by atoms with E-state index >= 15 is 0 Å². The fourth-order valence-corrected chi connectivity index (χ4v) is 2.49. The number of aromatic nitrogens is 3. The molecule has 10 heteroatoms. The molecule has 0 saturated heterocycles. The van der Waals surface area contributed by atoms with Gasteiger partial charge in [0.1, 0.15) is 0 Å². The van der Waals surface area contributed by atoms with Gasteiger partial charge in [-0.1, -0.05) is 34.6 Å². The molecule has 4 rings (SSSR count). The second-order valence-electron chi connectivity index (χ2n) is 6.16. The van der Waals surface area contributed by atoms with E-state index in [2.05, 4.69) is 20.3 Å². The molecule has 3 N–H and O–H groups in total. The highest BCUT2D eigenvalue weighted by atomic mass is 19.1. The van der Waals surface area contributed by atoms with Gasteiger partial charge in [0.2, 0.25) is 11.8 Å². The first-order valence-electron chi connectivity index (χ1n) is 8.98. The minimum Gasteiger partial charge on any atom is -0.409 e. The summed E-state index contributed by atoms with van der Waals surface area (Å²) < 4.78 is 17.9. The van der Waals surface area contributed by atoms with E-state index in [1.54, 1.807) is 48.5 Å². The van der Waals surface area contributed by atoms with Crippen molar-refractivity contribution in [3.8, 4) is 35.0 Å². The lowest BCUT2D eigenvalue weighted by Crippen LogP contribution is -2.12. The summed E-state index contributed by atoms with van der Waals surface area (Å²) in [5.41, 5.74) is 8.05. The van der Waals surface area contributed by atoms with Crippen LogP contribution in [0.3, 0.4) is 0 Å². The summed E-state index contributed by atoms with van der Waals surface area (Å²) >= 11 is 0. The van der Waals surface area contributed by atoms with Crippen molar-refractivity contribution in [1.29, 1.82) is 10.5 Å². The largest absolute Gasteiger partial charge is 0.409 e. The van der Waals surface area contributed by atoms with E-state index in [1.807, 2.05) is 12.1 Å². The molecule has 0 aliphatic heterocycles. The Morgan fingerprint density at radius 1 is 1.00 bits per heavy atom. The summed E-state index contributed by atoms with van der Waals surface area (Å²) in [6.45, 7) is 0. The third-order valence-corrected chi connectivity index (χ3v) is 4.05. The Hall–Kier alpha value is -5.09. The second-order valence-corrected chi connectivity index (χ2v) is 6.16. The van der Waals surface area contributed by atoms with Crippen molar-refractivity contribution >= 4 is 5.84 Å². The SMILES string of the molecule is N#Cc1cccc(-c2noc(-c3ccc(F)nc3)n2)c1.N#Cc1cccc(C(N)=NO)c1. The zero-order chi connectivity index (χ0) is 22.9.